The third kappa shape index (κ3) is 4.83. The monoisotopic (exact) mass is 435 g/mol. The summed E-state index contributed by atoms with van der Waals surface area (Å²) in [5, 5.41) is 7.40. The van der Waals surface area contributed by atoms with E-state index in [2.05, 4.69) is 15.6 Å². The summed E-state index contributed by atoms with van der Waals surface area (Å²) in [4.78, 5) is 28.8. The number of nitrogens with zero attached hydrogens (tertiary/aromatic N) is 1. The van der Waals surface area contributed by atoms with E-state index in [1.807, 2.05) is 0 Å². The third-order valence-electron chi connectivity index (χ3n) is 3.82. The predicted molar refractivity (Wildman–Crippen MR) is 108 cm³/mol. The fraction of sp³-hybridized carbons (Fsp3) is 0.167. The summed E-state index contributed by atoms with van der Waals surface area (Å²) in [6.45, 7) is -0.0917. The first-order chi connectivity index (χ1) is 13.5. The van der Waals surface area contributed by atoms with E-state index < -0.39 is 26.9 Å². The molecule has 0 aliphatic heterocycles. The Morgan fingerprint density at radius 2 is 1.71 bits per heavy atom. The number of thiophene rings is 2. The maximum atomic E-state index is 12.9. The molecule has 0 aliphatic rings. The van der Waals surface area contributed by atoms with Crippen molar-refractivity contribution in [2.45, 2.75) is 16.0 Å². The molecule has 0 aliphatic carbocycles. The van der Waals surface area contributed by atoms with Crippen LogP contribution in [0.25, 0.3) is 0 Å². The summed E-state index contributed by atoms with van der Waals surface area (Å²) >= 11 is 2.41. The predicted octanol–water partition coefficient (Wildman–Crippen LogP) is 2.15. The highest BCUT2D eigenvalue weighted by molar-refractivity contribution is 7.93. The Hall–Kier alpha value is -2.56. The number of pyridine rings is 1. The van der Waals surface area contributed by atoms with Crippen LogP contribution in [-0.4, -0.2) is 31.8 Å². The number of amides is 2. The van der Waals surface area contributed by atoms with E-state index in [0.29, 0.717) is 10.6 Å². The number of hydrogen-bond donors (Lipinski definition) is 2. The van der Waals surface area contributed by atoms with Crippen LogP contribution >= 0.6 is 22.7 Å². The zero-order chi connectivity index (χ0) is 20.0. The molecule has 0 saturated carbocycles. The van der Waals surface area contributed by atoms with E-state index in [9.17, 15) is 18.0 Å². The van der Waals surface area contributed by atoms with Crippen LogP contribution in [-0.2, 0) is 26.0 Å². The number of nitrogens with one attached hydrogen (secondary N) is 2. The van der Waals surface area contributed by atoms with E-state index in [0.717, 1.165) is 11.3 Å². The Morgan fingerprint density at radius 3 is 2.36 bits per heavy atom. The van der Waals surface area contributed by atoms with Gasteiger partial charge in [-0.2, -0.15) is 0 Å². The van der Waals surface area contributed by atoms with Gasteiger partial charge in [-0.25, -0.2) is 8.42 Å². The van der Waals surface area contributed by atoms with Crippen molar-refractivity contribution in [2.75, 3.05) is 6.54 Å². The normalized spacial score (nSPS) is 12.3. The van der Waals surface area contributed by atoms with Gasteiger partial charge in [0.05, 0.1) is 12.2 Å². The minimum Gasteiger partial charge on any atom is -0.346 e. The Labute approximate surface area is 170 Å². The van der Waals surface area contributed by atoms with Crippen molar-refractivity contribution in [3.8, 4) is 0 Å². The quantitative estimate of drug-likeness (QED) is 0.553. The van der Waals surface area contributed by atoms with Crippen LogP contribution in [0.2, 0.25) is 0 Å². The standard InChI is InChI=1S/C18H17N3O4S3/c22-17(20-11-13-5-1-2-8-19-13)18(23)21-12-15(14-6-3-9-26-14)28(24,25)16-7-4-10-27-16/h1-10,15H,11-12H2,(H,20,22)(H,21,23)/t15-/m0/s1. The van der Waals surface area contributed by atoms with Gasteiger partial charge in [0.25, 0.3) is 0 Å². The molecule has 0 radical (unpaired) electrons. The van der Waals surface area contributed by atoms with Gasteiger partial charge in [0, 0.05) is 17.6 Å². The highest BCUT2D eigenvalue weighted by Crippen LogP contribution is 2.33. The van der Waals surface area contributed by atoms with Crippen LogP contribution < -0.4 is 10.6 Å². The third-order valence-corrected chi connectivity index (χ3v) is 8.47. The summed E-state index contributed by atoms with van der Waals surface area (Å²) in [6.07, 6.45) is 1.59. The molecular formula is C18H17N3O4S3. The highest BCUT2D eigenvalue weighted by atomic mass is 32.2. The number of rotatable bonds is 7. The molecule has 3 heterocycles. The topological polar surface area (TPSA) is 105 Å². The molecule has 10 heteroatoms. The average Bonchev–Trinajstić information content (AvgIpc) is 3.41. The Morgan fingerprint density at radius 1 is 0.964 bits per heavy atom. The lowest BCUT2D eigenvalue weighted by Gasteiger charge is -2.16. The van der Waals surface area contributed by atoms with E-state index in [1.165, 1.54) is 17.4 Å². The average molecular weight is 436 g/mol. The van der Waals surface area contributed by atoms with Gasteiger partial charge in [-0.1, -0.05) is 18.2 Å². The Balaban J connectivity index is 1.65. The van der Waals surface area contributed by atoms with Gasteiger partial charge < -0.3 is 10.6 Å². The van der Waals surface area contributed by atoms with Crippen molar-refractivity contribution < 1.29 is 18.0 Å². The second-order valence-corrected chi connectivity index (χ2v) is 9.98. The largest absolute Gasteiger partial charge is 0.346 e. The summed E-state index contributed by atoms with van der Waals surface area (Å²) < 4.78 is 26.1. The molecule has 3 aromatic heterocycles. The number of carbonyl (C=O) groups is 2. The molecule has 146 valence electrons. The lowest BCUT2D eigenvalue weighted by Crippen LogP contribution is -2.42. The van der Waals surface area contributed by atoms with Gasteiger partial charge >= 0.3 is 11.8 Å². The Kier molecular flexibility index (Phi) is 6.55. The van der Waals surface area contributed by atoms with Crippen LogP contribution in [0.15, 0.2) is 63.6 Å². The first kappa shape index (κ1) is 20.2. The fourth-order valence-corrected chi connectivity index (χ4v) is 6.41. The molecular weight excluding hydrogens is 418 g/mol. The van der Waals surface area contributed by atoms with Gasteiger partial charge in [-0.15, -0.1) is 22.7 Å². The van der Waals surface area contributed by atoms with Crippen LogP contribution in [0.1, 0.15) is 15.8 Å². The van der Waals surface area contributed by atoms with Gasteiger partial charge in [-0.05, 0) is 35.0 Å². The van der Waals surface area contributed by atoms with Crippen LogP contribution in [0, 0.1) is 0 Å². The Bertz CT molecular complexity index is 1020. The minimum atomic E-state index is -3.68. The number of carbonyl (C=O) groups excluding carboxylic acids is 2. The van der Waals surface area contributed by atoms with Crippen LogP contribution in [0.3, 0.4) is 0 Å². The number of sulfone groups is 1. The van der Waals surface area contributed by atoms with E-state index in [1.54, 1.807) is 53.4 Å². The molecule has 7 nitrogen and oxygen atoms in total. The summed E-state index contributed by atoms with van der Waals surface area (Å²) in [5.41, 5.74) is 0.611. The molecule has 0 bridgehead atoms. The summed E-state index contributed by atoms with van der Waals surface area (Å²) in [5.74, 6) is -1.73. The second-order valence-electron chi connectivity index (χ2n) is 5.69. The molecule has 2 N–H and O–H groups in total. The zero-order valence-corrected chi connectivity index (χ0v) is 17.0. The molecule has 0 fully saturated rings. The van der Waals surface area contributed by atoms with Crippen molar-refractivity contribution in [2.24, 2.45) is 0 Å². The minimum absolute atomic E-state index is 0.106. The van der Waals surface area contributed by atoms with E-state index in [-0.39, 0.29) is 17.3 Å². The van der Waals surface area contributed by atoms with Crippen LogP contribution in [0.5, 0.6) is 0 Å². The van der Waals surface area contributed by atoms with Gasteiger partial charge in [0.2, 0.25) is 0 Å². The van der Waals surface area contributed by atoms with E-state index in [4.69, 9.17) is 0 Å². The summed E-state index contributed by atoms with van der Waals surface area (Å²) in [6, 6.07) is 11.9. The zero-order valence-electron chi connectivity index (χ0n) is 14.6. The molecule has 28 heavy (non-hydrogen) atoms. The number of aromatic nitrogens is 1. The molecule has 3 rings (SSSR count). The molecule has 0 spiro atoms. The maximum absolute atomic E-state index is 12.9. The van der Waals surface area contributed by atoms with Crippen molar-refractivity contribution in [3.63, 3.8) is 0 Å². The first-order valence-electron chi connectivity index (χ1n) is 8.25. The molecule has 2 amide bonds. The van der Waals surface area contributed by atoms with Crippen LogP contribution in [0.4, 0.5) is 0 Å². The van der Waals surface area contributed by atoms with Crippen molar-refractivity contribution >= 4 is 44.3 Å². The first-order valence-corrected chi connectivity index (χ1v) is 11.6. The molecule has 3 aromatic rings. The molecule has 0 unspecified atom stereocenters. The van der Waals surface area contributed by atoms with E-state index >= 15 is 0 Å². The molecule has 1 atom stereocenters. The van der Waals surface area contributed by atoms with Gasteiger partial charge in [0.15, 0.2) is 9.84 Å². The van der Waals surface area contributed by atoms with Gasteiger partial charge in [-0.3, -0.25) is 14.6 Å². The smallest absolute Gasteiger partial charge is 0.309 e. The molecule has 0 saturated heterocycles. The fourth-order valence-electron chi connectivity index (χ4n) is 2.42. The second kappa shape index (κ2) is 9.09. The van der Waals surface area contributed by atoms with Crippen molar-refractivity contribution in [1.82, 2.24) is 15.6 Å². The highest BCUT2D eigenvalue weighted by Gasteiger charge is 2.31. The maximum Gasteiger partial charge on any atom is 0.309 e. The van der Waals surface area contributed by atoms with Gasteiger partial charge in [0.1, 0.15) is 9.46 Å². The van der Waals surface area contributed by atoms with Crippen molar-refractivity contribution in [1.29, 1.82) is 0 Å². The molecule has 0 aromatic carbocycles. The lowest BCUT2D eigenvalue weighted by molar-refractivity contribution is -0.139. The SMILES string of the molecule is O=C(NCc1ccccn1)C(=O)NC[C@@H](c1cccs1)S(=O)(=O)c1cccs1. The lowest BCUT2D eigenvalue weighted by atomic mass is 10.3. The number of hydrogen-bond acceptors (Lipinski definition) is 7. The van der Waals surface area contributed by atoms with Crippen molar-refractivity contribution in [3.05, 3.63) is 70.0 Å². The summed E-state index contributed by atoms with van der Waals surface area (Å²) in [7, 11) is -3.68.